The van der Waals surface area contributed by atoms with Crippen LogP contribution in [-0.4, -0.2) is 48.2 Å². The van der Waals surface area contributed by atoms with Crippen LogP contribution in [0.4, 0.5) is 0 Å². The smallest absolute Gasteiger partial charge is 0.225 e. The zero-order valence-corrected chi connectivity index (χ0v) is 10.7. The van der Waals surface area contributed by atoms with Gasteiger partial charge in [-0.2, -0.15) is 0 Å². The second-order valence-corrected chi connectivity index (χ2v) is 5.43. The van der Waals surface area contributed by atoms with Gasteiger partial charge in [-0.15, -0.1) is 0 Å². The van der Waals surface area contributed by atoms with Gasteiger partial charge in [0.25, 0.3) is 0 Å². The maximum atomic E-state index is 12.3. The van der Waals surface area contributed by atoms with Gasteiger partial charge in [0, 0.05) is 25.0 Å². The molecule has 2 atom stereocenters. The first-order valence-corrected chi connectivity index (χ1v) is 6.85. The van der Waals surface area contributed by atoms with Crippen LogP contribution < -0.4 is 5.32 Å². The Morgan fingerprint density at radius 3 is 2.76 bits per heavy atom. The Labute approximate surface area is 103 Å². The van der Waals surface area contributed by atoms with Gasteiger partial charge in [-0.25, -0.2) is 0 Å². The minimum absolute atomic E-state index is 0.0653. The molecule has 4 nitrogen and oxygen atoms in total. The Bertz CT molecular complexity index is 260. The van der Waals surface area contributed by atoms with Crippen molar-refractivity contribution < 1.29 is 9.90 Å². The third kappa shape index (κ3) is 3.42. The van der Waals surface area contributed by atoms with E-state index >= 15 is 0 Å². The monoisotopic (exact) mass is 240 g/mol. The lowest BCUT2D eigenvalue weighted by molar-refractivity contribution is -0.136. The number of aliphatic hydroxyl groups is 1. The van der Waals surface area contributed by atoms with Gasteiger partial charge in [0.05, 0.1) is 6.61 Å². The van der Waals surface area contributed by atoms with E-state index in [1.54, 1.807) is 0 Å². The molecule has 0 aromatic rings. The van der Waals surface area contributed by atoms with E-state index in [0.29, 0.717) is 18.5 Å². The molecule has 1 saturated heterocycles. The van der Waals surface area contributed by atoms with Crippen molar-refractivity contribution in [1.29, 1.82) is 0 Å². The second kappa shape index (κ2) is 5.83. The number of carbonyl (C=O) groups excluding carboxylic acids is 1. The molecule has 0 spiro atoms. The highest BCUT2D eigenvalue weighted by atomic mass is 16.3. The van der Waals surface area contributed by atoms with E-state index < -0.39 is 0 Å². The Morgan fingerprint density at radius 2 is 2.24 bits per heavy atom. The number of nitrogens with one attached hydrogen (secondary N) is 1. The van der Waals surface area contributed by atoms with Gasteiger partial charge in [0.2, 0.25) is 5.91 Å². The van der Waals surface area contributed by atoms with Crippen molar-refractivity contribution in [2.45, 2.75) is 38.6 Å². The fourth-order valence-corrected chi connectivity index (χ4v) is 2.68. The van der Waals surface area contributed by atoms with E-state index in [9.17, 15) is 4.79 Å². The molecule has 4 heteroatoms. The van der Waals surface area contributed by atoms with E-state index in [1.807, 2.05) is 11.8 Å². The molecule has 2 rings (SSSR count). The van der Waals surface area contributed by atoms with Gasteiger partial charge in [0.15, 0.2) is 0 Å². The molecular formula is C13H24N2O2. The fourth-order valence-electron chi connectivity index (χ4n) is 2.68. The summed E-state index contributed by atoms with van der Waals surface area (Å²) >= 11 is 0. The molecule has 0 radical (unpaired) electrons. The summed E-state index contributed by atoms with van der Waals surface area (Å²) in [5, 5.41) is 12.5. The summed E-state index contributed by atoms with van der Waals surface area (Å²) in [6, 6.07) is 0.428. The van der Waals surface area contributed by atoms with Crippen molar-refractivity contribution in [3.63, 3.8) is 0 Å². The van der Waals surface area contributed by atoms with Crippen LogP contribution in [0.3, 0.4) is 0 Å². The number of aliphatic hydroxyl groups excluding tert-OH is 1. The standard InChI is InChI=1S/C13H24N2O2/c1-10(11-4-5-11)13(17)15(7-8-16)9-12-3-2-6-14-12/h10-12,14,16H,2-9H2,1H3. The molecule has 2 fully saturated rings. The average molecular weight is 240 g/mol. The lowest BCUT2D eigenvalue weighted by atomic mass is 10.0. The molecule has 1 saturated carbocycles. The molecule has 2 aliphatic rings. The number of hydrogen-bond acceptors (Lipinski definition) is 3. The summed E-state index contributed by atoms with van der Waals surface area (Å²) in [7, 11) is 0. The first-order chi connectivity index (χ1) is 8.22. The maximum absolute atomic E-state index is 12.3. The molecular weight excluding hydrogens is 216 g/mol. The van der Waals surface area contributed by atoms with Crippen molar-refractivity contribution in [2.24, 2.45) is 11.8 Å². The van der Waals surface area contributed by atoms with Crippen LogP contribution in [-0.2, 0) is 4.79 Å². The number of rotatable bonds is 6. The predicted octanol–water partition coefficient (Wildman–Crippen LogP) is 0.605. The number of nitrogens with zero attached hydrogens (tertiary/aromatic N) is 1. The van der Waals surface area contributed by atoms with Gasteiger partial charge < -0.3 is 15.3 Å². The molecule has 2 unspecified atom stereocenters. The number of amides is 1. The summed E-state index contributed by atoms with van der Waals surface area (Å²) in [6.07, 6.45) is 4.74. The molecule has 0 bridgehead atoms. The van der Waals surface area contributed by atoms with Crippen LogP contribution in [0, 0.1) is 11.8 Å². The third-order valence-corrected chi connectivity index (χ3v) is 4.00. The van der Waals surface area contributed by atoms with E-state index in [0.717, 1.165) is 19.5 Å². The molecule has 0 aromatic carbocycles. The van der Waals surface area contributed by atoms with E-state index in [1.165, 1.54) is 19.3 Å². The van der Waals surface area contributed by atoms with Crippen molar-refractivity contribution in [1.82, 2.24) is 10.2 Å². The second-order valence-electron chi connectivity index (χ2n) is 5.43. The van der Waals surface area contributed by atoms with E-state index in [2.05, 4.69) is 5.32 Å². The molecule has 2 N–H and O–H groups in total. The van der Waals surface area contributed by atoms with Crippen molar-refractivity contribution in [3.05, 3.63) is 0 Å². The van der Waals surface area contributed by atoms with Crippen LogP contribution in [0.15, 0.2) is 0 Å². The summed E-state index contributed by atoms with van der Waals surface area (Å²) in [5.74, 6) is 0.971. The van der Waals surface area contributed by atoms with Crippen LogP contribution in [0.2, 0.25) is 0 Å². The van der Waals surface area contributed by atoms with Crippen molar-refractivity contribution >= 4 is 5.91 Å². The first kappa shape index (κ1) is 12.8. The highest BCUT2D eigenvalue weighted by molar-refractivity contribution is 5.79. The van der Waals surface area contributed by atoms with E-state index in [4.69, 9.17) is 5.11 Å². The maximum Gasteiger partial charge on any atom is 0.225 e. The molecule has 1 heterocycles. The molecule has 1 amide bonds. The van der Waals surface area contributed by atoms with Gasteiger partial charge in [0.1, 0.15) is 0 Å². The largest absolute Gasteiger partial charge is 0.395 e. The summed E-state index contributed by atoms with van der Waals surface area (Å²) in [4.78, 5) is 14.1. The van der Waals surface area contributed by atoms with Gasteiger partial charge in [-0.3, -0.25) is 4.79 Å². The highest BCUT2D eigenvalue weighted by Gasteiger charge is 2.35. The minimum Gasteiger partial charge on any atom is -0.395 e. The quantitative estimate of drug-likeness (QED) is 0.715. The Balaban J connectivity index is 1.87. The van der Waals surface area contributed by atoms with E-state index in [-0.39, 0.29) is 18.4 Å². The fraction of sp³-hybridized carbons (Fsp3) is 0.923. The molecule has 0 aromatic heterocycles. The molecule has 1 aliphatic heterocycles. The topological polar surface area (TPSA) is 52.6 Å². The first-order valence-electron chi connectivity index (χ1n) is 6.85. The lowest BCUT2D eigenvalue weighted by Crippen LogP contribution is -2.44. The zero-order valence-electron chi connectivity index (χ0n) is 10.7. The average Bonchev–Trinajstić information content (AvgIpc) is 3.06. The minimum atomic E-state index is 0.0653. The normalized spacial score (nSPS) is 25.9. The molecule has 98 valence electrons. The summed E-state index contributed by atoms with van der Waals surface area (Å²) in [6.45, 7) is 4.40. The van der Waals surface area contributed by atoms with Crippen LogP contribution in [0.25, 0.3) is 0 Å². The van der Waals surface area contributed by atoms with Crippen LogP contribution in [0.5, 0.6) is 0 Å². The SMILES string of the molecule is CC(C(=O)N(CCO)CC1CCCN1)C1CC1. The predicted molar refractivity (Wildman–Crippen MR) is 66.6 cm³/mol. The van der Waals surface area contributed by atoms with Gasteiger partial charge in [-0.1, -0.05) is 6.92 Å². The third-order valence-electron chi connectivity index (χ3n) is 4.00. The summed E-state index contributed by atoms with van der Waals surface area (Å²) < 4.78 is 0. The Kier molecular flexibility index (Phi) is 4.40. The van der Waals surface area contributed by atoms with Crippen LogP contribution in [0.1, 0.15) is 32.6 Å². The van der Waals surface area contributed by atoms with Crippen LogP contribution >= 0.6 is 0 Å². The highest BCUT2D eigenvalue weighted by Crippen LogP contribution is 2.37. The number of hydrogen-bond donors (Lipinski definition) is 2. The lowest BCUT2D eigenvalue weighted by Gasteiger charge is -2.28. The Hall–Kier alpha value is -0.610. The zero-order chi connectivity index (χ0) is 12.3. The summed E-state index contributed by atoms with van der Waals surface area (Å²) in [5.41, 5.74) is 0. The molecule has 1 aliphatic carbocycles. The molecule has 17 heavy (non-hydrogen) atoms. The van der Waals surface area contributed by atoms with Crippen molar-refractivity contribution in [3.8, 4) is 0 Å². The number of carbonyl (C=O) groups is 1. The van der Waals surface area contributed by atoms with Gasteiger partial charge in [-0.05, 0) is 38.1 Å². The Morgan fingerprint density at radius 1 is 1.47 bits per heavy atom. The van der Waals surface area contributed by atoms with Crippen molar-refractivity contribution in [2.75, 3.05) is 26.2 Å². The van der Waals surface area contributed by atoms with Gasteiger partial charge >= 0.3 is 0 Å².